The van der Waals surface area contributed by atoms with E-state index in [1.165, 1.54) is 10.6 Å². The van der Waals surface area contributed by atoms with Gasteiger partial charge in [0.1, 0.15) is 5.82 Å². The molecule has 0 saturated carbocycles. The molecule has 0 radical (unpaired) electrons. The predicted octanol–water partition coefficient (Wildman–Crippen LogP) is 0.836. The number of hydrogen-bond donors (Lipinski definition) is 1. The Kier molecular flexibility index (Phi) is 5.05. The van der Waals surface area contributed by atoms with Gasteiger partial charge in [0.15, 0.2) is 0 Å². The molecule has 1 aromatic rings. The highest BCUT2D eigenvalue weighted by molar-refractivity contribution is 7.88. The standard InChI is InChI=1S/C16H24N4O3S/c1-24(22,23)20-11-5-6-13(12-20)18-16(21)14-7-4-8-17-15(14)19-9-2-3-10-19/h4,7-8,13H,2-3,5-6,9-12H2,1H3,(H,18,21). The van der Waals surface area contributed by atoms with Crippen LogP contribution in [0.1, 0.15) is 36.0 Å². The molecule has 1 unspecified atom stereocenters. The first-order valence-electron chi connectivity index (χ1n) is 8.41. The van der Waals surface area contributed by atoms with Crippen LogP contribution in [0.15, 0.2) is 18.3 Å². The van der Waals surface area contributed by atoms with Gasteiger partial charge in [0.25, 0.3) is 5.91 Å². The molecule has 0 spiro atoms. The fraction of sp³-hybridized carbons (Fsp3) is 0.625. The molecule has 0 aromatic carbocycles. The number of nitrogens with one attached hydrogen (secondary N) is 1. The maximum atomic E-state index is 12.7. The molecule has 1 atom stereocenters. The Morgan fingerprint density at radius 1 is 1.25 bits per heavy atom. The Balaban J connectivity index is 1.71. The fourth-order valence-corrected chi connectivity index (χ4v) is 4.29. The Bertz CT molecular complexity index is 701. The Labute approximate surface area is 143 Å². The highest BCUT2D eigenvalue weighted by atomic mass is 32.2. The Hall–Kier alpha value is -1.67. The van der Waals surface area contributed by atoms with E-state index in [0.29, 0.717) is 18.7 Å². The molecule has 2 fully saturated rings. The summed E-state index contributed by atoms with van der Waals surface area (Å²) < 4.78 is 24.9. The van der Waals surface area contributed by atoms with E-state index < -0.39 is 10.0 Å². The molecule has 2 aliphatic rings. The number of carbonyl (C=O) groups excluding carboxylic acids is 1. The van der Waals surface area contributed by atoms with Crippen LogP contribution in [0.4, 0.5) is 5.82 Å². The minimum Gasteiger partial charge on any atom is -0.356 e. The maximum Gasteiger partial charge on any atom is 0.255 e. The van der Waals surface area contributed by atoms with Gasteiger partial charge in [-0.05, 0) is 37.8 Å². The number of carbonyl (C=O) groups is 1. The number of hydrogen-bond acceptors (Lipinski definition) is 5. The first-order valence-corrected chi connectivity index (χ1v) is 10.3. The zero-order chi connectivity index (χ0) is 17.2. The molecule has 24 heavy (non-hydrogen) atoms. The zero-order valence-electron chi connectivity index (χ0n) is 13.9. The average molecular weight is 352 g/mol. The van der Waals surface area contributed by atoms with Crippen LogP contribution >= 0.6 is 0 Å². The van der Waals surface area contributed by atoms with Gasteiger partial charge in [-0.3, -0.25) is 4.79 Å². The summed E-state index contributed by atoms with van der Waals surface area (Å²) in [5.74, 6) is 0.550. The molecule has 1 aromatic heterocycles. The molecule has 3 rings (SSSR count). The molecule has 7 nitrogen and oxygen atoms in total. The number of amides is 1. The van der Waals surface area contributed by atoms with Gasteiger partial charge in [0, 0.05) is 38.4 Å². The summed E-state index contributed by atoms with van der Waals surface area (Å²) in [5, 5.41) is 2.99. The van der Waals surface area contributed by atoms with E-state index in [4.69, 9.17) is 0 Å². The molecule has 3 heterocycles. The van der Waals surface area contributed by atoms with Crippen LogP contribution in [0.2, 0.25) is 0 Å². The van der Waals surface area contributed by atoms with Crippen LogP contribution in [-0.2, 0) is 10.0 Å². The van der Waals surface area contributed by atoms with Crippen molar-refractivity contribution in [3.05, 3.63) is 23.9 Å². The third-order valence-electron chi connectivity index (χ3n) is 4.63. The lowest BCUT2D eigenvalue weighted by Crippen LogP contribution is -2.49. The lowest BCUT2D eigenvalue weighted by atomic mass is 10.1. The van der Waals surface area contributed by atoms with Gasteiger partial charge < -0.3 is 10.2 Å². The predicted molar refractivity (Wildman–Crippen MR) is 92.6 cm³/mol. The van der Waals surface area contributed by atoms with Crippen molar-refractivity contribution in [2.24, 2.45) is 0 Å². The van der Waals surface area contributed by atoms with Crippen molar-refractivity contribution in [3.8, 4) is 0 Å². The number of aromatic nitrogens is 1. The van der Waals surface area contributed by atoms with Crippen molar-refractivity contribution >= 4 is 21.7 Å². The lowest BCUT2D eigenvalue weighted by molar-refractivity contribution is 0.0921. The van der Waals surface area contributed by atoms with Gasteiger partial charge in [0.05, 0.1) is 11.8 Å². The van der Waals surface area contributed by atoms with E-state index in [-0.39, 0.29) is 11.9 Å². The van der Waals surface area contributed by atoms with Crippen LogP contribution in [0.25, 0.3) is 0 Å². The van der Waals surface area contributed by atoms with E-state index in [1.807, 2.05) is 0 Å². The third-order valence-corrected chi connectivity index (χ3v) is 5.89. The normalized spacial score (nSPS) is 22.5. The monoisotopic (exact) mass is 352 g/mol. The first-order chi connectivity index (χ1) is 11.4. The number of sulfonamides is 1. The van der Waals surface area contributed by atoms with Crippen LogP contribution in [0.3, 0.4) is 0 Å². The largest absolute Gasteiger partial charge is 0.356 e. The number of pyridine rings is 1. The van der Waals surface area contributed by atoms with Gasteiger partial charge in [-0.1, -0.05) is 0 Å². The SMILES string of the molecule is CS(=O)(=O)N1CCCC(NC(=O)c2cccnc2N2CCCC2)C1. The van der Waals surface area contributed by atoms with Crippen molar-refractivity contribution in [1.29, 1.82) is 0 Å². The second-order valence-electron chi connectivity index (χ2n) is 6.50. The molecule has 0 aliphatic carbocycles. The number of anilines is 1. The van der Waals surface area contributed by atoms with Crippen molar-refractivity contribution in [2.75, 3.05) is 37.3 Å². The van der Waals surface area contributed by atoms with Crippen molar-refractivity contribution < 1.29 is 13.2 Å². The van der Waals surface area contributed by atoms with Gasteiger partial charge in [-0.2, -0.15) is 0 Å². The quantitative estimate of drug-likeness (QED) is 0.868. The molecular weight excluding hydrogens is 328 g/mol. The second-order valence-corrected chi connectivity index (χ2v) is 8.48. The van der Waals surface area contributed by atoms with Crippen molar-refractivity contribution in [1.82, 2.24) is 14.6 Å². The van der Waals surface area contributed by atoms with Gasteiger partial charge in [0.2, 0.25) is 10.0 Å². The Morgan fingerprint density at radius 2 is 2.00 bits per heavy atom. The molecule has 2 aliphatic heterocycles. The highest BCUT2D eigenvalue weighted by Crippen LogP contribution is 2.22. The van der Waals surface area contributed by atoms with Gasteiger partial charge in [-0.15, -0.1) is 0 Å². The number of nitrogens with zero attached hydrogens (tertiary/aromatic N) is 3. The molecule has 1 amide bonds. The van der Waals surface area contributed by atoms with Crippen LogP contribution in [0.5, 0.6) is 0 Å². The molecule has 1 N–H and O–H groups in total. The fourth-order valence-electron chi connectivity index (χ4n) is 3.38. The summed E-state index contributed by atoms with van der Waals surface area (Å²) in [6.45, 7) is 2.70. The molecular formula is C16H24N4O3S. The van der Waals surface area contributed by atoms with Gasteiger partial charge in [-0.25, -0.2) is 17.7 Å². The zero-order valence-corrected chi connectivity index (χ0v) is 14.8. The molecule has 2 saturated heterocycles. The summed E-state index contributed by atoms with van der Waals surface area (Å²) >= 11 is 0. The summed E-state index contributed by atoms with van der Waals surface area (Å²) in [4.78, 5) is 19.2. The van der Waals surface area contributed by atoms with Crippen molar-refractivity contribution in [3.63, 3.8) is 0 Å². The van der Waals surface area contributed by atoms with Crippen LogP contribution < -0.4 is 10.2 Å². The summed E-state index contributed by atoms with van der Waals surface area (Å²) in [6.07, 6.45) is 6.69. The van der Waals surface area contributed by atoms with Crippen LogP contribution in [0, 0.1) is 0 Å². The van der Waals surface area contributed by atoms with E-state index in [9.17, 15) is 13.2 Å². The Morgan fingerprint density at radius 3 is 2.71 bits per heavy atom. The maximum absolute atomic E-state index is 12.7. The summed E-state index contributed by atoms with van der Waals surface area (Å²) in [6, 6.07) is 3.39. The average Bonchev–Trinajstić information content (AvgIpc) is 3.08. The van der Waals surface area contributed by atoms with E-state index in [2.05, 4.69) is 15.2 Å². The minimum absolute atomic E-state index is 0.160. The lowest BCUT2D eigenvalue weighted by Gasteiger charge is -2.31. The topological polar surface area (TPSA) is 82.6 Å². The molecule has 8 heteroatoms. The highest BCUT2D eigenvalue weighted by Gasteiger charge is 2.28. The molecule has 0 bridgehead atoms. The van der Waals surface area contributed by atoms with Gasteiger partial charge >= 0.3 is 0 Å². The van der Waals surface area contributed by atoms with Crippen molar-refractivity contribution in [2.45, 2.75) is 31.7 Å². The molecule has 132 valence electrons. The summed E-state index contributed by atoms with van der Waals surface area (Å²) in [7, 11) is -3.22. The first kappa shape index (κ1) is 17.2. The van der Waals surface area contributed by atoms with Crippen LogP contribution in [-0.4, -0.2) is 62.1 Å². The number of piperidine rings is 1. The third kappa shape index (κ3) is 3.87. The van der Waals surface area contributed by atoms with E-state index in [0.717, 1.165) is 44.6 Å². The van der Waals surface area contributed by atoms with E-state index in [1.54, 1.807) is 18.3 Å². The second kappa shape index (κ2) is 7.06. The van der Waals surface area contributed by atoms with E-state index >= 15 is 0 Å². The minimum atomic E-state index is -3.22. The summed E-state index contributed by atoms with van der Waals surface area (Å²) in [5.41, 5.74) is 0.566. The smallest absolute Gasteiger partial charge is 0.255 e. The number of rotatable bonds is 4.